The second-order valence-electron chi connectivity index (χ2n) is 5.74. The molecule has 0 aromatic heterocycles. The number of nitrogens with one attached hydrogen (secondary N) is 1. The summed E-state index contributed by atoms with van der Waals surface area (Å²) in [4.78, 5) is 0. The minimum absolute atomic E-state index is 0.305. The van der Waals surface area contributed by atoms with Crippen LogP contribution in [0.5, 0.6) is 5.75 Å². The summed E-state index contributed by atoms with van der Waals surface area (Å²) in [6.45, 7) is 8.69. The van der Waals surface area contributed by atoms with E-state index in [1.165, 1.54) is 5.56 Å². The van der Waals surface area contributed by atoms with Crippen molar-refractivity contribution < 1.29 is 4.74 Å². The highest BCUT2D eigenvalue weighted by molar-refractivity contribution is 5.37. The van der Waals surface area contributed by atoms with E-state index < -0.39 is 0 Å². The lowest BCUT2D eigenvalue weighted by atomic mass is 9.97. The van der Waals surface area contributed by atoms with E-state index in [1.807, 2.05) is 6.07 Å². The Balaban J connectivity index is 1.79. The molecule has 0 amide bonds. The van der Waals surface area contributed by atoms with E-state index in [-0.39, 0.29) is 0 Å². The van der Waals surface area contributed by atoms with Gasteiger partial charge in [0.15, 0.2) is 0 Å². The molecular formula is C14H21NO. The summed E-state index contributed by atoms with van der Waals surface area (Å²) < 4.78 is 5.86. The first kappa shape index (κ1) is 11.5. The van der Waals surface area contributed by atoms with Gasteiger partial charge >= 0.3 is 0 Å². The highest BCUT2D eigenvalue weighted by Crippen LogP contribution is 2.27. The van der Waals surface area contributed by atoms with Crippen molar-refractivity contribution in [1.29, 1.82) is 0 Å². The number of para-hydroxylation sites is 1. The second-order valence-corrected chi connectivity index (χ2v) is 5.74. The van der Waals surface area contributed by atoms with Gasteiger partial charge in [0.1, 0.15) is 11.9 Å². The zero-order chi connectivity index (χ0) is 11.6. The normalized spacial score (nSPS) is 19.3. The van der Waals surface area contributed by atoms with E-state index in [2.05, 4.69) is 44.3 Å². The van der Waals surface area contributed by atoms with Crippen LogP contribution in [0.3, 0.4) is 0 Å². The van der Waals surface area contributed by atoms with E-state index in [9.17, 15) is 0 Å². The summed E-state index contributed by atoms with van der Waals surface area (Å²) in [7, 11) is 0. The molecule has 0 bridgehead atoms. The maximum absolute atomic E-state index is 5.86. The highest BCUT2D eigenvalue weighted by Gasteiger charge is 2.22. The van der Waals surface area contributed by atoms with Crippen LogP contribution in [0.4, 0.5) is 0 Å². The molecule has 2 rings (SSSR count). The van der Waals surface area contributed by atoms with Gasteiger partial charge in [-0.15, -0.1) is 0 Å². The third-order valence-electron chi connectivity index (χ3n) is 2.74. The van der Waals surface area contributed by atoms with Crippen molar-refractivity contribution >= 4 is 0 Å². The summed E-state index contributed by atoms with van der Waals surface area (Å²) in [5.41, 5.74) is 1.68. The van der Waals surface area contributed by atoms with Gasteiger partial charge in [-0.3, -0.25) is 0 Å². The summed E-state index contributed by atoms with van der Waals surface area (Å²) in [6.07, 6.45) is 1.34. The average Bonchev–Trinajstić information content (AvgIpc) is 2.57. The number of fused-ring (bicyclic) bond motifs is 1. The maximum atomic E-state index is 5.86. The Kier molecular flexibility index (Phi) is 3.20. The van der Waals surface area contributed by atoms with E-state index in [1.54, 1.807) is 0 Å². The van der Waals surface area contributed by atoms with Crippen LogP contribution < -0.4 is 10.1 Å². The molecule has 1 heterocycles. The third kappa shape index (κ3) is 2.99. The third-order valence-corrected chi connectivity index (χ3v) is 2.74. The Morgan fingerprint density at radius 3 is 2.75 bits per heavy atom. The standard InChI is InChI=1S/C14H21NO/c1-14(2,3)10-15-9-12-8-11-6-4-5-7-13(11)16-12/h4-7,12,15H,8-10H2,1-3H3. The molecule has 0 fully saturated rings. The van der Waals surface area contributed by atoms with Crippen molar-refractivity contribution in [2.24, 2.45) is 5.41 Å². The Hall–Kier alpha value is -1.02. The first-order valence-electron chi connectivity index (χ1n) is 6.00. The topological polar surface area (TPSA) is 21.3 Å². The van der Waals surface area contributed by atoms with Crippen LogP contribution >= 0.6 is 0 Å². The Morgan fingerprint density at radius 2 is 2.06 bits per heavy atom. The van der Waals surface area contributed by atoms with Gasteiger partial charge in [0.05, 0.1) is 0 Å². The highest BCUT2D eigenvalue weighted by atomic mass is 16.5. The van der Waals surface area contributed by atoms with Gasteiger partial charge in [0.25, 0.3) is 0 Å². The van der Waals surface area contributed by atoms with Crippen LogP contribution in [-0.2, 0) is 6.42 Å². The molecule has 16 heavy (non-hydrogen) atoms. The summed E-state index contributed by atoms with van der Waals surface area (Å²) >= 11 is 0. The van der Waals surface area contributed by atoms with Gasteiger partial charge in [-0.2, -0.15) is 0 Å². The molecule has 0 saturated heterocycles. The van der Waals surface area contributed by atoms with Gasteiger partial charge in [-0.25, -0.2) is 0 Å². The molecule has 0 spiro atoms. The Bertz CT molecular complexity index is 329. The molecular weight excluding hydrogens is 198 g/mol. The molecule has 0 aliphatic carbocycles. The predicted octanol–water partition coefficient (Wildman–Crippen LogP) is 2.63. The van der Waals surface area contributed by atoms with Crippen LogP contribution in [0.25, 0.3) is 0 Å². The molecule has 1 unspecified atom stereocenters. The van der Waals surface area contributed by atoms with Gasteiger partial charge < -0.3 is 10.1 Å². The lowest BCUT2D eigenvalue weighted by Gasteiger charge is -2.20. The largest absolute Gasteiger partial charge is 0.488 e. The fraction of sp³-hybridized carbons (Fsp3) is 0.571. The predicted molar refractivity (Wildman–Crippen MR) is 66.9 cm³/mol. The monoisotopic (exact) mass is 219 g/mol. The smallest absolute Gasteiger partial charge is 0.123 e. The number of benzene rings is 1. The first-order valence-corrected chi connectivity index (χ1v) is 6.00. The lowest BCUT2D eigenvalue weighted by Crippen LogP contribution is -2.35. The minimum Gasteiger partial charge on any atom is -0.488 e. The van der Waals surface area contributed by atoms with Gasteiger partial charge in [0, 0.05) is 19.5 Å². The Labute approximate surface area is 98.0 Å². The van der Waals surface area contributed by atoms with E-state index >= 15 is 0 Å². The average molecular weight is 219 g/mol. The number of ether oxygens (including phenoxy) is 1. The van der Waals surface area contributed by atoms with Crippen molar-refractivity contribution in [3.8, 4) is 5.75 Å². The van der Waals surface area contributed by atoms with Crippen LogP contribution in [0.15, 0.2) is 24.3 Å². The summed E-state index contributed by atoms with van der Waals surface area (Å²) in [6, 6.07) is 8.31. The molecule has 0 radical (unpaired) electrons. The molecule has 1 N–H and O–H groups in total. The van der Waals surface area contributed by atoms with Crippen molar-refractivity contribution in [1.82, 2.24) is 5.32 Å². The van der Waals surface area contributed by atoms with Crippen LogP contribution in [0, 0.1) is 5.41 Å². The van der Waals surface area contributed by atoms with Crippen molar-refractivity contribution in [2.75, 3.05) is 13.1 Å². The molecule has 1 aliphatic heterocycles. The second kappa shape index (κ2) is 4.46. The van der Waals surface area contributed by atoms with Crippen molar-refractivity contribution in [3.05, 3.63) is 29.8 Å². The lowest BCUT2D eigenvalue weighted by molar-refractivity contribution is 0.220. The van der Waals surface area contributed by atoms with Crippen LogP contribution in [-0.4, -0.2) is 19.2 Å². The SMILES string of the molecule is CC(C)(C)CNCC1Cc2ccccc2O1. The van der Waals surface area contributed by atoms with Crippen LogP contribution in [0.2, 0.25) is 0 Å². The molecule has 2 heteroatoms. The fourth-order valence-corrected chi connectivity index (χ4v) is 1.98. The van der Waals surface area contributed by atoms with E-state index in [0.29, 0.717) is 11.5 Å². The zero-order valence-electron chi connectivity index (χ0n) is 10.4. The zero-order valence-corrected chi connectivity index (χ0v) is 10.4. The van der Waals surface area contributed by atoms with E-state index in [0.717, 1.165) is 25.3 Å². The number of rotatable bonds is 3. The maximum Gasteiger partial charge on any atom is 0.123 e. The van der Waals surface area contributed by atoms with Crippen LogP contribution in [0.1, 0.15) is 26.3 Å². The van der Waals surface area contributed by atoms with Gasteiger partial charge in [0.2, 0.25) is 0 Å². The molecule has 1 aromatic rings. The minimum atomic E-state index is 0.305. The molecule has 88 valence electrons. The number of hydrogen-bond donors (Lipinski definition) is 1. The molecule has 2 nitrogen and oxygen atoms in total. The number of hydrogen-bond acceptors (Lipinski definition) is 2. The van der Waals surface area contributed by atoms with E-state index in [4.69, 9.17) is 4.74 Å². The quantitative estimate of drug-likeness (QED) is 0.843. The fourth-order valence-electron chi connectivity index (χ4n) is 1.98. The first-order chi connectivity index (χ1) is 7.54. The molecule has 1 aliphatic rings. The Morgan fingerprint density at radius 1 is 1.31 bits per heavy atom. The molecule has 1 atom stereocenters. The molecule has 0 saturated carbocycles. The molecule has 1 aromatic carbocycles. The van der Waals surface area contributed by atoms with Gasteiger partial charge in [-0.05, 0) is 17.0 Å². The van der Waals surface area contributed by atoms with Crippen molar-refractivity contribution in [3.63, 3.8) is 0 Å². The summed E-state index contributed by atoms with van der Waals surface area (Å²) in [5, 5.41) is 3.48. The van der Waals surface area contributed by atoms with Gasteiger partial charge in [-0.1, -0.05) is 39.0 Å². The summed E-state index contributed by atoms with van der Waals surface area (Å²) in [5.74, 6) is 1.06. The van der Waals surface area contributed by atoms with Crippen molar-refractivity contribution in [2.45, 2.75) is 33.3 Å².